The molecule has 5 heteroatoms. The second-order valence-electron chi connectivity index (χ2n) is 4.77. The average molecular weight is 293 g/mol. The molecule has 0 radical (unpaired) electrons. The van der Waals surface area contributed by atoms with Crippen molar-refractivity contribution in [2.75, 3.05) is 6.54 Å². The Kier molecular flexibility index (Phi) is 5.61. The molecule has 0 saturated carbocycles. The van der Waals surface area contributed by atoms with Crippen LogP contribution in [-0.2, 0) is 12.8 Å². The Bertz CT molecular complexity index is 524. The largest absolute Gasteiger partial charge is 0.309 e. The van der Waals surface area contributed by atoms with Gasteiger partial charge in [-0.15, -0.1) is 5.10 Å². The van der Waals surface area contributed by atoms with E-state index in [1.165, 1.54) is 28.5 Å². The van der Waals surface area contributed by atoms with E-state index < -0.39 is 0 Å². The van der Waals surface area contributed by atoms with Crippen LogP contribution in [0, 0.1) is 5.82 Å². The first-order valence-corrected chi connectivity index (χ1v) is 7.80. The van der Waals surface area contributed by atoms with Crippen molar-refractivity contribution >= 4 is 11.5 Å². The first-order chi connectivity index (χ1) is 9.74. The number of hydrogen-bond acceptors (Lipinski definition) is 4. The molecule has 2 rings (SSSR count). The van der Waals surface area contributed by atoms with Gasteiger partial charge in [0.25, 0.3) is 0 Å². The third-order valence-corrected chi connectivity index (χ3v) is 4.11. The standard InChI is InChI=1S/C15H20FN3S/c1-3-9-17-14(15-13(4-2)18-19-20-15)10-11-5-7-12(16)8-6-11/h5-8,14,17H,3-4,9-10H2,1-2H3. The van der Waals surface area contributed by atoms with E-state index in [-0.39, 0.29) is 11.9 Å². The SMILES string of the molecule is CCCNC(Cc1ccc(F)cc1)c1snnc1CC. The van der Waals surface area contributed by atoms with Gasteiger partial charge in [0.15, 0.2) is 0 Å². The minimum absolute atomic E-state index is 0.194. The number of benzene rings is 1. The van der Waals surface area contributed by atoms with Crippen LogP contribution < -0.4 is 5.32 Å². The van der Waals surface area contributed by atoms with E-state index in [9.17, 15) is 4.39 Å². The highest BCUT2D eigenvalue weighted by Gasteiger charge is 2.18. The molecule has 3 nitrogen and oxygen atoms in total. The van der Waals surface area contributed by atoms with E-state index in [0.29, 0.717) is 0 Å². The van der Waals surface area contributed by atoms with Crippen LogP contribution >= 0.6 is 11.5 Å². The Morgan fingerprint density at radius 3 is 2.65 bits per heavy atom. The van der Waals surface area contributed by atoms with Crippen molar-refractivity contribution in [1.29, 1.82) is 0 Å². The molecular formula is C15H20FN3S. The van der Waals surface area contributed by atoms with Crippen molar-refractivity contribution in [2.45, 2.75) is 39.2 Å². The fraction of sp³-hybridized carbons (Fsp3) is 0.467. The third-order valence-electron chi connectivity index (χ3n) is 3.23. The van der Waals surface area contributed by atoms with Crippen molar-refractivity contribution in [3.63, 3.8) is 0 Å². The summed E-state index contributed by atoms with van der Waals surface area (Å²) in [7, 11) is 0. The molecule has 1 atom stereocenters. The third kappa shape index (κ3) is 3.84. The lowest BCUT2D eigenvalue weighted by Crippen LogP contribution is -2.24. The zero-order valence-corrected chi connectivity index (χ0v) is 12.7. The summed E-state index contributed by atoms with van der Waals surface area (Å²) in [5, 5.41) is 7.73. The Labute approximate surface area is 123 Å². The van der Waals surface area contributed by atoms with Crippen LogP contribution in [0.25, 0.3) is 0 Å². The molecule has 1 aromatic carbocycles. The Balaban J connectivity index is 2.17. The topological polar surface area (TPSA) is 37.8 Å². The van der Waals surface area contributed by atoms with E-state index in [1.54, 1.807) is 0 Å². The lowest BCUT2D eigenvalue weighted by Gasteiger charge is -2.17. The highest BCUT2D eigenvalue weighted by molar-refractivity contribution is 7.05. The van der Waals surface area contributed by atoms with Gasteiger partial charge < -0.3 is 5.32 Å². The number of aromatic nitrogens is 2. The van der Waals surface area contributed by atoms with Gasteiger partial charge in [0.2, 0.25) is 0 Å². The fourth-order valence-corrected chi connectivity index (χ4v) is 2.97. The molecule has 0 aliphatic rings. The first-order valence-electron chi connectivity index (χ1n) is 7.03. The molecule has 0 fully saturated rings. The minimum Gasteiger partial charge on any atom is -0.309 e. The van der Waals surface area contributed by atoms with Gasteiger partial charge >= 0.3 is 0 Å². The summed E-state index contributed by atoms with van der Waals surface area (Å²) in [6.45, 7) is 5.19. The van der Waals surface area contributed by atoms with Crippen molar-refractivity contribution in [3.05, 3.63) is 46.2 Å². The van der Waals surface area contributed by atoms with Crippen LogP contribution in [0.15, 0.2) is 24.3 Å². The van der Waals surface area contributed by atoms with Crippen LogP contribution in [0.2, 0.25) is 0 Å². The number of halogens is 1. The molecule has 0 aliphatic heterocycles. The van der Waals surface area contributed by atoms with Gasteiger partial charge in [-0.2, -0.15) is 0 Å². The van der Waals surface area contributed by atoms with Crippen LogP contribution in [0.1, 0.15) is 42.4 Å². The first kappa shape index (κ1) is 15.1. The second-order valence-corrected chi connectivity index (χ2v) is 5.56. The molecule has 108 valence electrons. The number of rotatable bonds is 7. The Hall–Kier alpha value is -1.33. The number of aryl methyl sites for hydroxylation is 1. The molecule has 0 aliphatic carbocycles. The van der Waals surface area contributed by atoms with Crippen LogP contribution in [0.4, 0.5) is 4.39 Å². The van der Waals surface area contributed by atoms with Crippen molar-refractivity contribution in [1.82, 2.24) is 14.9 Å². The highest BCUT2D eigenvalue weighted by atomic mass is 32.1. The molecule has 2 aromatic rings. The minimum atomic E-state index is -0.194. The average Bonchev–Trinajstić information content (AvgIpc) is 2.94. The lowest BCUT2D eigenvalue weighted by atomic mass is 10.0. The molecule has 1 N–H and O–H groups in total. The Morgan fingerprint density at radius 1 is 1.25 bits per heavy atom. The smallest absolute Gasteiger partial charge is 0.123 e. The van der Waals surface area contributed by atoms with Crippen molar-refractivity contribution in [2.24, 2.45) is 0 Å². The molecule has 0 amide bonds. The normalized spacial score (nSPS) is 12.6. The quantitative estimate of drug-likeness (QED) is 0.848. The van der Waals surface area contributed by atoms with Gasteiger partial charge in [0.05, 0.1) is 10.6 Å². The van der Waals surface area contributed by atoms with E-state index in [2.05, 4.69) is 28.8 Å². The molecule has 0 bridgehead atoms. The van der Waals surface area contributed by atoms with Crippen molar-refractivity contribution in [3.8, 4) is 0 Å². The Morgan fingerprint density at radius 2 is 2.00 bits per heavy atom. The lowest BCUT2D eigenvalue weighted by molar-refractivity contribution is 0.531. The van der Waals surface area contributed by atoms with Gasteiger partial charge in [-0.25, -0.2) is 4.39 Å². The summed E-state index contributed by atoms with van der Waals surface area (Å²) < 4.78 is 17.1. The van der Waals surface area contributed by atoms with Gasteiger partial charge in [-0.05, 0) is 55.0 Å². The van der Waals surface area contributed by atoms with Crippen molar-refractivity contribution < 1.29 is 4.39 Å². The number of nitrogens with one attached hydrogen (secondary N) is 1. The van der Waals surface area contributed by atoms with Crippen LogP contribution in [-0.4, -0.2) is 16.1 Å². The fourth-order valence-electron chi connectivity index (χ4n) is 2.16. The monoisotopic (exact) mass is 293 g/mol. The molecule has 1 heterocycles. The molecule has 0 spiro atoms. The predicted octanol–water partition coefficient (Wildman–Crippen LogP) is 3.52. The summed E-state index contributed by atoms with van der Waals surface area (Å²) in [6, 6.07) is 6.91. The predicted molar refractivity (Wildman–Crippen MR) is 80.4 cm³/mol. The molecule has 20 heavy (non-hydrogen) atoms. The van der Waals surface area contributed by atoms with Gasteiger partial charge in [-0.3, -0.25) is 0 Å². The van der Waals surface area contributed by atoms with E-state index in [4.69, 9.17) is 0 Å². The molecule has 1 unspecified atom stereocenters. The highest BCUT2D eigenvalue weighted by Crippen LogP contribution is 2.24. The zero-order chi connectivity index (χ0) is 14.4. The second kappa shape index (κ2) is 7.45. The maximum absolute atomic E-state index is 13.0. The summed E-state index contributed by atoms with van der Waals surface area (Å²) >= 11 is 1.46. The van der Waals surface area contributed by atoms with E-state index >= 15 is 0 Å². The van der Waals surface area contributed by atoms with E-state index in [0.717, 1.165) is 37.1 Å². The van der Waals surface area contributed by atoms with Crippen LogP contribution in [0.3, 0.4) is 0 Å². The maximum atomic E-state index is 13.0. The summed E-state index contributed by atoms with van der Waals surface area (Å²) in [5.41, 5.74) is 2.18. The summed E-state index contributed by atoms with van der Waals surface area (Å²) in [6.07, 6.45) is 2.80. The van der Waals surface area contributed by atoms with E-state index in [1.807, 2.05) is 12.1 Å². The molecule has 0 saturated heterocycles. The number of nitrogens with zero attached hydrogens (tertiary/aromatic N) is 2. The number of hydrogen-bond donors (Lipinski definition) is 1. The van der Waals surface area contributed by atoms with Gasteiger partial charge in [0.1, 0.15) is 5.82 Å². The summed E-state index contributed by atoms with van der Waals surface area (Å²) in [5.74, 6) is -0.194. The molecule has 1 aromatic heterocycles. The van der Waals surface area contributed by atoms with Gasteiger partial charge in [-0.1, -0.05) is 30.5 Å². The summed E-state index contributed by atoms with van der Waals surface area (Å²) in [4.78, 5) is 1.20. The van der Waals surface area contributed by atoms with Gasteiger partial charge in [0, 0.05) is 6.04 Å². The molecular weight excluding hydrogens is 273 g/mol. The maximum Gasteiger partial charge on any atom is 0.123 e. The zero-order valence-electron chi connectivity index (χ0n) is 11.9. The van der Waals surface area contributed by atoms with Crippen LogP contribution in [0.5, 0.6) is 0 Å².